The molecular formula is C16H14F2N2O. The molecule has 0 aliphatic heterocycles. The molecule has 0 aromatic heterocycles. The molecule has 1 N–H and O–H groups in total. The molecular weight excluding hydrogens is 274 g/mol. The number of hydrogen-bond acceptors (Lipinski definition) is 3. The zero-order valence-electron chi connectivity index (χ0n) is 11.5. The highest BCUT2D eigenvalue weighted by Gasteiger charge is 2.08. The van der Waals surface area contributed by atoms with Crippen LogP contribution in [0.4, 0.5) is 8.78 Å². The number of nitrogens with zero attached hydrogens (tertiary/aromatic N) is 1. The highest BCUT2D eigenvalue weighted by atomic mass is 19.1. The van der Waals surface area contributed by atoms with Crippen LogP contribution in [0.1, 0.15) is 16.7 Å². The molecule has 2 rings (SSSR count). The second-order valence-corrected chi connectivity index (χ2v) is 4.50. The summed E-state index contributed by atoms with van der Waals surface area (Å²) in [7, 11) is 1.77. The van der Waals surface area contributed by atoms with Crippen LogP contribution < -0.4 is 10.1 Å². The number of nitriles is 1. The van der Waals surface area contributed by atoms with Crippen molar-refractivity contribution in [3.05, 3.63) is 64.7 Å². The van der Waals surface area contributed by atoms with E-state index in [1.807, 2.05) is 6.07 Å². The molecule has 0 saturated heterocycles. The van der Waals surface area contributed by atoms with E-state index in [4.69, 9.17) is 10.00 Å². The maximum Gasteiger partial charge on any atom is 0.165 e. The van der Waals surface area contributed by atoms with E-state index in [0.717, 1.165) is 5.56 Å². The molecule has 0 aliphatic carbocycles. The maximum atomic E-state index is 13.8. The molecule has 0 atom stereocenters. The molecule has 5 heteroatoms. The number of halogens is 2. The minimum absolute atomic E-state index is 0.0524. The fraction of sp³-hybridized carbons (Fsp3) is 0.188. The molecule has 0 saturated carbocycles. The second-order valence-electron chi connectivity index (χ2n) is 4.50. The molecule has 0 unspecified atom stereocenters. The Morgan fingerprint density at radius 2 is 1.95 bits per heavy atom. The Balaban J connectivity index is 2.11. The third-order valence-corrected chi connectivity index (χ3v) is 2.94. The van der Waals surface area contributed by atoms with Crippen molar-refractivity contribution < 1.29 is 13.5 Å². The van der Waals surface area contributed by atoms with Crippen LogP contribution in [0.15, 0.2) is 36.4 Å². The van der Waals surface area contributed by atoms with Crippen LogP contribution in [0.5, 0.6) is 5.75 Å². The van der Waals surface area contributed by atoms with Gasteiger partial charge in [-0.3, -0.25) is 0 Å². The average Bonchev–Trinajstić information content (AvgIpc) is 2.48. The summed E-state index contributed by atoms with van der Waals surface area (Å²) in [5, 5.41) is 11.7. The lowest BCUT2D eigenvalue weighted by Gasteiger charge is -2.09. The monoisotopic (exact) mass is 288 g/mol. The highest BCUT2D eigenvalue weighted by Crippen LogP contribution is 2.20. The fourth-order valence-electron chi connectivity index (χ4n) is 1.89. The molecule has 108 valence electrons. The van der Waals surface area contributed by atoms with E-state index in [-0.39, 0.29) is 17.9 Å². The number of hydrogen-bond donors (Lipinski definition) is 1. The first-order chi connectivity index (χ1) is 10.1. The summed E-state index contributed by atoms with van der Waals surface area (Å²) in [6.07, 6.45) is 0. The summed E-state index contributed by atoms with van der Waals surface area (Å²) < 4.78 is 32.7. The van der Waals surface area contributed by atoms with Crippen LogP contribution in [-0.4, -0.2) is 7.05 Å². The van der Waals surface area contributed by atoms with Gasteiger partial charge in [-0.25, -0.2) is 8.78 Å². The Morgan fingerprint density at radius 3 is 2.62 bits per heavy atom. The van der Waals surface area contributed by atoms with Gasteiger partial charge in [-0.05, 0) is 42.9 Å². The molecule has 0 radical (unpaired) electrons. The first kappa shape index (κ1) is 14.9. The molecule has 0 heterocycles. The molecule has 2 aromatic carbocycles. The summed E-state index contributed by atoms with van der Waals surface area (Å²) in [6.45, 7) is 0.416. The lowest BCUT2D eigenvalue weighted by molar-refractivity contribution is 0.284. The molecule has 0 aliphatic rings. The number of ether oxygens (including phenoxy) is 1. The van der Waals surface area contributed by atoms with Crippen molar-refractivity contribution in [1.29, 1.82) is 5.26 Å². The fourth-order valence-corrected chi connectivity index (χ4v) is 1.89. The molecule has 3 nitrogen and oxygen atoms in total. The quantitative estimate of drug-likeness (QED) is 0.919. The Kier molecular flexibility index (Phi) is 4.85. The van der Waals surface area contributed by atoms with Crippen molar-refractivity contribution in [3.8, 4) is 11.8 Å². The van der Waals surface area contributed by atoms with Gasteiger partial charge >= 0.3 is 0 Å². The van der Waals surface area contributed by atoms with Crippen LogP contribution in [0.25, 0.3) is 0 Å². The van der Waals surface area contributed by atoms with E-state index in [2.05, 4.69) is 5.32 Å². The Labute approximate surface area is 121 Å². The maximum absolute atomic E-state index is 13.8. The van der Waals surface area contributed by atoms with Crippen molar-refractivity contribution in [1.82, 2.24) is 5.32 Å². The largest absolute Gasteiger partial charge is 0.486 e. The molecule has 21 heavy (non-hydrogen) atoms. The normalized spacial score (nSPS) is 10.2. The molecule has 0 bridgehead atoms. The third kappa shape index (κ3) is 3.77. The van der Waals surface area contributed by atoms with E-state index in [9.17, 15) is 8.78 Å². The molecule has 2 aromatic rings. The number of nitrogens with one attached hydrogen (secondary N) is 1. The third-order valence-electron chi connectivity index (χ3n) is 2.94. The predicted molar refractivity (Wildman–Crippen MR) is 74.6 cm³/mol. The minimum atomic E-state index is -0.500. The van der Waals surface area contributed by atoms with Crippen molar-refractivity contribution in [3.63, 3.8) is 0 Å². The second kappa shape index (κ2) is 6.82. The van der Waals surface area contributed by atoms with Gasteiger partial charge < -0.3 is 10.1 Å². The predicted octanol–water partition coefficient (Wildman–Crippen LogP) is 3.13. The summed E-state index contributed by atoms with van der Waals surface area (Å²) >= 11 is 0. The van der Waals surface area contributed by atoms with Gasteiger partial charge in [0, 0.05) is 12.1 Å². The number of rotatable bonds is 5. The summed E-state index contributed by atoms with van der Waals surface area (Å²) in [5.41, 5.74) is 1.34. The van der Waals surface area contributed by atoms with E-state index < -0.39 is 11.6 Å². The van der Waals surface area contributed by atoms with Crippen LogP contribution in [0.2, 0.25) is 0 Å². The van der Waals surface area contributed by atoms with Gasteiger partial charge in [-0.15, -0.1) is 0 Å². The van der Waals surface area contributed by atoms with Crippen LogP contribution >= 0.6 is 0 Å². The van der Waals surface area contributed by atoms with Gasteiger partial charge in [0.15, 0.2) is 11.6 Å². The SMILES string of the molecule is CNCc1ccc(OCc2cc(C#N)ccc2F)c(F)c1. The van der Waals surface area contributed by atoms with Crippen molar-refractivity contribution in [2.45, 2.75) is 13.2 Å². The smallest absolute Gasteiger partial charge is 0.165 e. The summed E-state index contributed by atoms with van der Waals surface area (Å²) in [5.74, 6) is -0.933. The van der Waals surface area contributed by atoms with Crippen molar-refractivity contribution in [2.75, 3.05) is 7.05 Å². The zero-order valence-corrected chi connectivity index (χ0v) is 11.5. The van der Waals surface area contributed by atoms with Crippen LogP contribution in [0.3, 0.4) is 0 Å². The van der Waals surface area contributed by atoms with E-state index in [0.29, 0.717) is 12.1 Å². The Morgan fingerprint density at radius 1 is 1.14 bits per heavy atom. The zero-order chi connectivity index (χ0) is 15.2. The standard InChI is InChI=1S/C16H14F2N2O/c1-20-9-12-3-5-16(15(18)7-12)21-10-13-6-11(8-19)2-4-14(13)17/h2-7,20H,9-10H2,1H3. The Hall–Kier alpha value is -2.45. The van der Waals surface area contributed by atoms with Gasteiger partial charge in [-0.1, -0.05) is 6.07 Å². The van der Waals surface area contributed by atoms with E-state index in [1.54, 1.807) is 13.1 Å². The topological polar surface area (TPSA) is 45.0 Å². The van der Waals surface area contributed by atoms with E-state index in [1.165, 1.54) is 30.3 Å². The van der Waals surface area contributed by atoms with E-state index >= 15 is 0 Å². The number of benzene rings is 2. The summed E-state index contributed by atoms with van der Waals surface area (Å²) in [4.78, 5) is 0. The lowest BCUT2D eigenvalue weighted by Crippen LogP contribution is -2.06. The van der Waals surface area contributed by atoms with Gasteiger partial charge in [0.1, 0.15) is 12.4 Å². The van der Waals surface area contributed by atoms with Crippen molar-refractivity contribution in [2.24, 2.45) is 0 Å². The minimum Gasteiger partial charge on any atom is -0.486 e. The first-order valence-electron chi connectivity index (χ1n) is 6.38. The lowest BCUT2D eigenvalue weighted by atomic mass is 10.1. The summed E-state index contributed by atoms with van der Waals surface area (Å²) in [6, 6.07) is 10.5. The first-order valence-corrected chi connectivity index (χ1v) is 6.38. The van der Waals surface area contributed by atoms with Crippen LogP contribution in [0, 0.1) is 23.0 Å². The van der Waals surface area contributed by atoms with Gasteiger partial charge in [0.25, 0.3) is 0 Å². The molecule has 0 spiro atoms. The Bertz CT molecular complexity index is 680. The van der Waals surface area contributed by atoms with Gasteiger partial charge in [0.05, 0.1) is 11.6 Å². The highest BCUT2D eigenvalue weighted by molar-refractivity contribution is 5.34. The van der Waals surface area contributed by atoms with Crippen molar-refractivity contribution >= 4 is 0 Å². The molecule has 0 fully saturated rings. The average molecular weight is 288 g/mol. The molecule has 0 amide bonds. The van der Waals surface area contributed by atoms with Crippen LogP contribution in [-0.2, 0) is 13.2 Å². The van der Waals surface area contributed by atoms with Gasteiger partial charge in [-0.2, -0.15) is 5.26 Å². The van der Waals surface area contributed by atoms with Gasteiger partial charge in [0.2, 0.25) is 0 Å².